The monoisotopic (exact) mass is 540 g/mol. The number of carbonyl (C=O) groups is 1. The zero-order valence-corrected chi connectivity index (χ0v) is 22.0. The predicted octanol–water partition coefficient (Wildman–Crippen LogP) is 4.10. The molecule has 1 atom stereocenters. The molecule has 1 aliphatic rings. The second-order valence-corrected chi connectivity index (χ2v) is 9.80. The van der Waals surface area contributed by atoms with Crippen LogP contribution in [0.15, 0.2) is 47.5 Å². The topological polar surface area (TPSA) is 85.2 Å². The molecule has 3 aromatic rings. The van der Waals surface area contributed by atoms with Crippen LogP contribution in [0.5, 0.6) is 5.75 Å². The molecule has 1 fully saturated rings. The molecular formula is C26H33BrN6O2. The van der Waals surface area contributed by atoms with E-state index in [0.29, 0.717) is 13.0 Å². The van der Waals surface area contributed by atoms with Crippen LogP contribution in [0, 0.1) is 6.92 Å². The Kier molecular flexibility index (Phi) is 8.74. The van der Waals surface area contributed by atoms with E-state index in [0.717, 1.165) is 78.3 Å². The molecular weight excluding hydrogens is 508 g/mol. The number of nitrogens with one attached hydrogen (secondary N) is 1. The van der Waals surface area contributed by atoms with Crippen LogP contribution in [0.3, 0.4) is 0 Å². The maximum atomic E-state index is 12.8. The van der Waals surface area contributed by atoms with Gasteiger partial charge in [-0.05, 0) is 66.2 Å². The molecule has 8 nitrogen and oxygen atoms in total. The summed E-state index contributed by atoms with van der Waals surface area (Å²) in [5.74, 6) is 2.65. The van der Waals surface area contributed by atoms with Crippen molar-refractivity contribution in [1.82, 2.24) is 24.8 Å². The van der Waals surface area contributed by atoms with Crippen molar-refractivity contribution in [2.45, 2.75) is 58.0 Å². The molecule has 0 spiro atoms. The highest BCUT2D eigenvalue weighted by Crippen LogP contribution is 2.27. The Labute approximate surface area is 215 Å². The quantitative estimate of drug-likeness (QED) is 0.416. The van der Waals surface area contributed by atoms with Crippen LogP contribution in [0.25, 0.3) is 0 Å². The molecule has 186 valence electrons. The number of aryl methyl sites for hydroxylation is 3. The first-order valence-corrected chi connectivity index (χ1v) is 13.0. The van der Waals surface area contributed by atoms with E-state index in [9.17, 15) is 4.79 Å². The lowest BCUT2D eigenvalue weighted by Gasteiger charge is -2.36. The molecule has 1 aliphatic heterocycles. The number of nitrogens with zero attached hydrogens (tertiary/aromatic N) is 5. The number of hydrogen-bond acceptors (Lipinski definition) is 6. The number of methoxy groups -OCH3 is 1. The number of amides is 1. The molecule has 0 radical (unpaired) electrons. The molecule has 0 bridgehead atoms. The highest BCUT2D eigenvalue weighted by Gasteiger charge is 2.26. The van der Waals surface area contributed by atoms with Gasteiger partial charge < -0.3 is 19.5 Å². The number of rotatable bonds is 10. The van der Waals surface area contributed by atoms with Gasteiger partial charge in [0, 0.05) is 62.7 Å². The first-order valence-electron chi connectivity index (χ1n) is 12.2. The van der Waals surface area contributed by atoms with Crippen molar-refractivity contribution in [2.75, 3.05) is 25.1 Å². The van der Waals surface area contributed by atoms with Crippen molar-refractivity contribution in [1.29, 1.82) is 0 Å². The second-order valence-electron chi connectivity index (χ2n) is 8.95. The van der Waals surface area contributed by atoms with Gasteiger partial charge in [-0.25, -0.2) is 15.0 Å². The van der Waals surface area contributed by atoms with Gasteiger partial charge in [0.15, 0.2) is 0 Å². The minimum atomic E-state index is 0.0839. The Morgan fingerprint density at radius 2 is 2.11 bits per heavy atom. The van der Waals surface area contributed by atoms with E-state index in [1.165, 1.54) is 0 Å². The maximum absolute atomic E-state index is 12.8. The van der Waals surface area contributed by atoms with Gasteiger partial charge in [0.2, 0.25) is 5.91 Å². The van der Waals surface area contributed by atoms with Gasteiger partial charge in [0.25, 0.3) is 0 Å². The third kappa shape index (κ3) is 7.04. The summed E-state index contributed by atoms with van der Waals surface area (Å²) in [5.41, 5.74) is 2.10. The van der Waals surface area contributed by atoms with E-state index in [4.69, 9.17) is 9.72 Å². The second kappa shape index (κ2) is 12.2. The number of anilines is 1. The van der Waals surface area contributed by atoms with Crippen LogP contribution in [0.2, 0.25) is 0 Å². The first-order chi connectivity index (χ1) is 17.0. The Morgan fingerprint density at radius 1 is 1.23 bits per heavy atom. The Hall–Kier alpha value is -2.94. The van der Waals surface area contributed by atoms with E-state index in [1.54, 1.807) is 13.3 Å². The van der Waals surface area contributed by atoms with Crippen molar-refractivity contribution < 1.29 is 9.53 Å². The van der Waals surface area contributed by atoms with Crippen molar-refractivity contribution in [2.24, 2.45) is 0 Å². The molecule has 1 N–H and O–H groups in total. The van der Waals surface area contributed by atoms with Crippen molar-refractivity contribution in [3.8, 4) is 5.75 Å². The zero-order chi connectivity index (χ0) is 24.6. The lowest BCUT2D eigenvalue weighted by atomic mass is 9.98. The third-order valence-electron chi connectivity index (χ3n) is 6.33. The average Bonchev–Trinajstić information content (AvgIpc) is 3.37. The van der Waals surface area contributed by atoms with Gasteiger partial charge >= 0.3 is 0 Å². The van der Waals surface area contributed by atoms with Crippen LogP contribution < -0.4 is 15.0 Å². The Morgan fingerprint density at radius 3 is 2.89 bits per heavy atom. The first kappa shape index (κ1) is 25.2. The minimum Gasteiger partial charge on any atom is -0.496 e. The number of imidazole rings is 1. The van der Waals surface area contributed by atoms with Gasteiger partial charge in [-0.1, -0.05) is 6.07 Å². The average molecular weight is 541 g/mol. The summed E-state index contributed by atoms with van der Waals surface area (Å²) in [5, 5.41) is 3.10. The smallest absolute Gasteiger partial charge is 0.222 e. The Balaban J connectivity index is 1.34. The number of hydrogen-bond donors (Lipinski definition) is 1. The fourth-order valence-electron chi connectivity index (χ4n) is 4.53. The largest absolute Gasteiger partial charge is 0.496 e. The molecule has 3 heterocycles. The number of carbonyl (C=O) groups excluding carboxylic acids is 1. The molecule has 0 aliphatic carbocycles. The molecule has 1 saturated heterocycles. The van der Waals surface area contributed by atoms with Crippen molar-refractivity contribution >= 4 is 27.7 Å². The summed E-state index contributed by atoms with van der Waals surface area (Å²) in [4.78, 5) is 28.7. The minimum absolute atomic E-state index is 0.0839. The summed E-state index contributed by atoms with van der Waals surface area (Å²) in [6.45, 7) is 4.32. The normalized spacial score (nSPS) is 15.7. The fraction of sp³-hybridized carbons (Fsp3) is 0.462. The number of aromatic nitrogens is 4. The number of piperidine rings is 1. The van der Waals surface area contributed by atoms with Gasteiger partial charge in [0.1, 0.15) is 17.4 Å². The molecule has 0 saturated carbocycles. The molecule has 1 unspecified atom stereocenters. The zero-order valence-electron chi connectivity index (χ0n) is 20.4. The maximum Gasteiger partial charge on any atom is 0.222 e. The van der Waals surface area contributed by atoms with Crippen LogP contribution >= 0.6 is 15.9 Å². The van der Waals surface area contributed by atoms with Crippen molar-refractivity contribution in [3.63, 3.8) is 0 Å². The number of ether oxygens (including phenoxy) is 1. The molecule has 9 heteroatoms. The van der Waals surface area contributed by atoms with Gasteiger partial charge in [-0.2, -0.15) is 0 Å². The standard InChI is InChI=1S/C26H33BrN6O2/c1-19-15-25(31-24(30-19)9-13-32-14-11-28-18-32)33-12-4-3-5-21(33)17-26(34)29-10-8-20-6-7-23(35-2)22(27)16-20/h6-7,11,14-16,18,21H,3-5,8-10,12-13,17H2,1-2H3,(H,29,34). The van der Waals surface area contributed by atoms with E-state index in [1.807, 2.05) is 48.3 Å². The van der Waals surface area contributed by atoms with E-state index >= 15 is 0 Å². The molecule has 4 rings (SSSR count). The summed E-state index contributed by atoms with van der Waals surface area (Å²) in [6.07, 6.45) is 10.8. The summed E-state index contributed by atoms with van der Waals surface area (Å²) in [6, 6.07) is 8.19. The van der Waals surface area contributed by atoms with Crippen LogP contribution in [0.4, 0.5) is 5.82 Å². The summed E-state index contributed by atoms with van der Waals surface area (Å²) in [7, 11) is 1.65. The predicted molar refractivity (Wildman–Crippen MR) is 140 cm³/mol. The fourth-order valence-corrected chi connectivity index (χ4v) is 5.12. The molecule has 1 aromatic carbocycles. The highest BCUT2D eigenvalue weighted by atomic mass is 79.9. The summed E-state index contributed by atoms with van der Waals surface area (Å²) < 4.78 is 8.24. The van der Waals surface area contributed by atoms with Gasteiger partial charge in [-0.15, -0.1) is 0 Å². The summed E-state index contributed by atoms with van der Waals surface area (Å²) >= 11 is 3.52. The molecule has 2 aromatic heterocycles. The lowest BCUT2D eigenvalue weighted by Crippen LogP contribution is -2.43. The van der Waals surface area contributed by atoms with Crippen molar-refractivity contribution in [3.05, 3.63) is 64.5 Å². The van der Waals surface area contributed by atoms with Crippen LogP contribution in [-0.4, -0.2) is 51.7 Å². The third-order valence-corrected chi connectivity index (χ3v) is 6.95. The van der Waals surface area contributed by atoms with Crippen LogP contribution in [-0.2, 0) is 24.2 Å². The Bertz CT molecular complexity index is 1120. The van der Waals surface area contributed by atoms with E-state index in [2.05, 4.69) is 36.1 Å². The lowest BCUT2D eigenvalue weighted by molar-refractivity contribution is -0.121. The molecule has 1 amide bonds. The van der Waals surface area contributed by atoms with Crippen LogP contribution in [0.1, 0.15) is 42.8 Å². The molecule has 35 heavy (non-hydrogen) atoms. The van der Waals surface area contributed by atoms with Gasteiger partial charge in [0.05, 0.1) is 17.9 Å². The number of benzene rings is 1. The van der Waals surface area contributed by atoms with E-state index < -0.39 is 0 Å². The number of halogens is 1. The van der Waals surface area contributed by atoms with Gasteiger partial charge in [-0.3, -0.25) is 4.79 Å². The SMILES string of the molecule is COc1ccc(CCNC(=O)CC2CCCCN2c2cc(C)nc(CCn3ccnc3)n2)cc1Br. The highest BCUT2D eigenvalue weighted by molar-refractivity contribution is 9.10. The van der Waals surface area contributed by atoms with E-state index in [-0.39, 0.29) is 11.9 Å².